The minimum absolute atomic E-state index is 0.139. The zero-order valence-corrected chi connectivity index (χ0v) is 10.0. The number of fused-ring (bicyclic) bond motifs is 1. The summed E-state index contributed by atoms with van der Waals surface area (Å²) in [4.78, 5) is 0. The molecule has 2 N–H and O–H groups in total. The molecule has 0 aliphatic carbocycles. The highest BCUT2D eigenvalue weighted by atomic mass is 16.5. The Kier molecular flexibility index (Phi) is 2.88. The number of aryl methyl sites for hydroxylation is 1. The highest BCUT2D eigenvalue weighted by molar-refractivity contribution is 5.86. The van der Waals surface area contributed by atoms with Crippen molar-refractivity contribution in [3.63, 3.8) is 0 Å². The van der Waals surface area contributed by atoms with Crippen molar-refractivity contribution in [2.24, 2.45) is 12.8 Å². The van der Waals surface area contributed by atoms with E-state index in [1.165, 1.54) is 16.5 Å². The van der Waals surface area contributed by atoms with E-state index in [-0.39, 0.29) is 6.04 Å². The summed E-state index contributed by atoms with van der Waals surface area (Å²) in [5.74, 6) is 0.927. The molecule has 86 valence electrons. The third kappa shape index (κ3) is 1.78. The third-order valence-corrected chi connectivity index (χ3v) is 2.88. The number of benzene rings is 1. The Morgan fingerprint density at radius 3 is 2.75 bits per heavy atom. The molecule has 1 aromatic carbocycles. The lowest BCUT2D eigenvalue weighted by atomic mass is 10.0. The van der Waals surface area contributed by atoms with Gasteiger partial charge in [-0.15, -0.1) is 0 Å². The molecule has 2 rings (SSSR count). The van der Waals surface area contributed by atoms with Crippen LogP contribution in [0.4, 0.5) is 0 Å². The first-order valence-electron chi connectivity index (χ1n) is 5.50. The monoisotopic (exact) mass is 218 g/mol. The Labute approximate surface area is 95.8 Å². The smallest absolute Gasteiger partial charge is 0.122 e. The van der Waals surface area contributed by atoms with Gasteiger partial charge in [0.1, 0.15) is 5.75 Å². The summed E-state index contributed by atoms with van der Waals surface area (Å²) in [7, 11) is 3.75. The van der Waals surface area contributed by atoms with Crippen LogP contribution in [0.5, 0.6) is 5.75 Å². The number of hydrogen-bond acceptors (Lipinski definition) is 2. The Morgan fingerprint density at radius 2 is 2.12 bits per heavy atom. The van der Waals surface area contributed by atoms with E-state index >= 15 is 0 Å². The van der Waals surface area contributed by atoms with Crippen molar-refractivity contribution >= 4 is 10.9 Å². The maximum absolute atomic E-state index is 5.88. The topological polar surface area (TPSA) is 40.2 Å². The summed E-state index contributed by atoms with van der Waals surface area (Å²) in [6, 6.07) is 6.36. The second-order valence-corrected chi connectivity index (χ2v) is 4.29. The van der Waals surface area contributed by atoms with E-state index < -0.39 is 0 Å². The molecule has 0 bridgehead atoms. The van der Waals surface area contributed by atoms with Crippen LogP contribution in [0.2, 0.25) is 0 Å². The molecule has 0 saturated carbocycles. The third-order valence-electron chi connectivity index (χ3n) is 2.88. The van der Waals surface area contributed by atoms with Gasteiger partial charge in [-0.3, -0.25) is 0 Å². The van der Waals surface area contributed by atoms with Crippen molar-refractivity contribution in [2.75, 3.05) is 7.11 Å². The van der Waals surface area contributed by atoms with E-state index in [0.29, 0.717) is 0 Å². The lowest BCUT2D eigenvalue weighted by Crippen LogP contribution is -2.18. The zero-order chi connectivity index (χ0) is 11.7. The molecule has 1 atom stereocenters. The van der Waals surface area contributed by atoms with E-state index in [1.807, 2.05) is 20.0 Å². The van der Waals surface area contributed by atoms with Crippen LogP contribution in [0.25, 0.3) is 10.9 Å². The highest BCUT2D eigenvalue weighted by Gasteiger charge is 2.11. The molecule has 0 saturated heterocycles. The number of aromatic nitrogens is 1. The van der Waals surface area contributed by atoms with Gasteiger partial charge >= 0.3 is 0 Å². The number of ether oxygens (including phenoxy) is 1. The first kappa shape index (κ1) is 11.0. The Hall–Kier alpha value is -1.48. The van der Waals surface area contributed by atoms with Crippen molar-refractivity contribution in [1.82, 2.24) is 4.57 Å². The predicted octanol–water partition coefficient (Wildman–Crippen LogP) is 2.08. The van der Waals surface area contributed by atoms with E-state index in [1.54, 1.807) is 7.11 Å². The van der Waals surface area contributed by atoms with Crippen molar-refractivity contribution in [3.8, 4) is 5.75 Å². The molecule has 0 radical (unpaired) electrons. The minimum atomic E-state index is 0.139. The van der Waals surface area contributed by atoms with Crippen molar-refractivity contribution in [1.29, 1.82) is 0 Å². The van der Waals surface area contributed by atoms with Crippen LogP contribution < -0.4 is 10.5 Å². The molecule has 16 heavy (non-hydrogen) atoms. The highest BCUT2D eigenvalue weighted by Crippen LogP contribution is 2.29. The van der Waals surface area contributed by atoms with Crippen LogP contribution in [-0.4, -0.2) is 17.7 Å². The second kappa shape index (κ2) is 4.18. The normalized spacial score (nSPS) is 13.0. The number of hydrogen-bond donors (Lipinski definition) is 1. The predicted molar refractivity (Wildman–Crippen MR) is 66.8 cm³/mol. The maximum atomic E-state index is 5.88. The van der Waals surface area contributed by atoms with Gasteiger partial charge in [0.05, 0.1) is 7.11 Å². The number of rotatable bonds is 3. The van der Waals surface area contributed by atoms with Gasteiger partial charge < -0.3 is 15.0 Å². The van der Waals surface area contributed by atoms with Crippen LogP contribution in [0.15, 0.2) is 24.4 Å². The van der Waals surface area contributed by atoms with Gasteiger partial charge in [0.2, 0.25) is 0 Å². The molecular formula is C13H18N2O. The van der Waals surface area contributed by atoms with Crippen LogP contribution in [0.1, 0.15) is 12.5 Å². The molecule has 0 aliphatic heterocycles. The quantitative estimate of drug-likeness (QED) is 0.856. The molecule has 3 nitrogen and oxygen atoms in total. The molecule has 3 heteroatoms. The summed E-state index contributed by atoms with van der Waals surface area (Å²) in [6.45, 7) is 2.02. The molecule has 0 spiro atoms. The van der Waals surface area contributed by atoms with Crippen molar-refractivity contribution in [3.05, 3.63) is 30.0 Å². The van der Waals surface area contributed by atoms with Crippen molar-refractivity contribution in [2.45, 2.75) is 19.4 Å². The fourth-order valence-electron chi connectivity index (χ4n) is 2.12. The number of methoxy groups -OCH3 is 1. The lowest BCUT2D eigenvalue weighted by Gasteiger charge is -2.12. The SMILES string of the molecule is COc1ccc2c(ccn2C)c1CC(C)N. The van der Waals surface area contributed by atoms with Gasteiger partial charge in [0.15, 0.2) is 0 Å². The van der Waals surface area contributed by atoms with Gasteiger partial charge in [-0.05, 0) is 31.5 Å². The molecule has 1 unspecified atom stereocenters. The summed E-state index contributed by atoms with van der Waals surface area (Å²) in [6.07, 6.45) is 2.90. The van der Waals surface area contributed by atoms with Gasteiger partial charge in [0, 0.05) is 35.8 Å². The van der Waals surface area contributed by atoms with E-state index in [0.717, 1.165) is 12.2 Å². The zero-order valence-electron chi connectivity index (χ0n) is 10.0. The summed E-state index contributed by atoms with van der Waals surface area (Å²) in [5.41, 5.74) is 8.31. The molecule has 1 heterocycles. The average Bonchev–Trinajstić information content (AvgIpc) is 2.61. The Morgan fingerprint density at radius 1 is 1.38 bits per heavy atom. The number of nitrogens with two attached hydrogens (primary N) is 1. The van der Waals surface area contributed by atoms with Crippen LogP contribution in [0, 0.1) is 0 Å². The van der Waals surface area contributed by atoms with Crippen molar-refractivity contribution < 1.29 is 4.74 Å². The van der Waals surface area contributed by atoms with Crippen LogP contribution in [0.3, 0.4) is 0 Å². The molecule has 0 fully saturated rings. The second-order valence-electron chi connectivity index (χ2n) is 4.29. The Balaban J connectivity index is 2.63. The summed E-state index contributed by atoms with van der Waals surface area (Å²) in [5, 5.41) is 1.24. The van der Waals surface area contributed by atoms with E-state index in [4.69, 9.17) is 10.5 Å². The molecule has 0 aliphatic rings. The average molecular weight is 218 g/mol. The first-order valence-corrected chi connectivity index (χ1v) is 5.50. The van der Waals surface area contributed by atoms with Crippen LogP contribution >= 0.6 is 0 Å². The van der Waals surface area contributed by atoms with E-state index in [9.17, 15) is 0 Å². The molecule has 1 aromatic heterocycles. The first-order chi connectivity index (χ1) is 7.63. The lowest BCUT2D eigenvalue weighted by molar-refractivity contribution is 0.409. The fourth-order valence-corrected chi connectivity index (χ4v) is 2.12. The van der Waals surface area contributed by atoms with E-state index in [2.05, 4.69) is 22.9 Å². The van der Waals surface area contributed by atoms with Crippen LogP contribution in [-0.2, 0) is 13.5 Å². The minimum Gasteiger partial charge on any atom is -0.496 e. The van der Waals surface area contributed by atoms with Gasteiger partial charge in [-0.2, -0.15) is 0 Å². The van der Waals surface area contributed by atoms with Gasteiger partial charge in [0.25, 0.3) is 0 Å². The fraction of sp³-hybridized carbons (Fsp3) is 0.385. The summed E-state index contributed by atoms with van der Waals surface area (Å²) >= 11 is 0. The molecular weight excluding hydrogens is 200 g/mol. The number of nitrogens with zero attached hydrogens (tertiary/aromatic N) is 1. The van der Waals surface area contributed by atoms with Gasteiger partial charge in [-0.25, -0.2) is 0 Å². The standard InChI is InChI=1S/C13H18N2O/c1-9(14)8-11-10-6-7-15(2)12(10)4-5-13(11)16-3/h4-7,9H,8,14H2,1-3H3. The maximum Gasteiger partial charge on any atom is 0.122 e. The van der Waals surface area contributed by atoms with Gasteiger partial charge in [-0.1, -0.05) is 0 Å². The summed E-state index contributed by atoms with van der Waals surface area (Å²) < 4.78 is 7.51. The largest absolute Gasteiger partial charge is 0.496 e. The Bertz CT molecular complexity index is 500. The molecule has 0 amide bonds. The molecule has 2 aromatic rings.